The fourth-order valence-corrected chi connectivity index (χ4v) is 1.91. The lowest BCUT2D eigenvalue weighted by Crippen LogP contribution is -2.38. The molecule has 1 fully saturated rings. The zero-order valence-electron chi connectivity index (χ0n) is 8.38. The Morgan fingerprint density at radius 3 is 2.46 bits per heavy atom. The van der Waals surface area contributed by atoms with Crippen molar-refractivity contribution in [1.29, 1.82) is 0 Å². The Labute approximate surface area is 79.1 Å². The minimum atomic E-state index is -1.17. The molecule has 0 bridgehead atoms. The molecule has 0 aromatic heterocycles. The molecule has 0 heterocycles. The van der Waals surface area contributed by atoms with Gasteiger partial charge in [-0.05, 0) is 18.8 Å². The molecular formula is C10H18O3. The zero-order chi connectivity index (χ0) is 9.90. The van der Waals surface area contributed by atoms with Gasteiger partial charge in [0.1, 0.15) is 0 Å². The first-order chi connectivity index (χ1) is 6.06. The van der Waals surface area contributed by atoms with Crippen molar-refractivity contribution in [2.75, 3.05) is 0 Å². The standard InChI is InChI=1S/C10H18O3/c1-3-9-4-6-10(12,7-5-9)13-8(2)11/h9,12H,3-7H2,1-2H3. The highest BCUT2D eigenvalue weighted by Gasteiger charge is 2.35. The van der Waals surface area contributed by atoms with Crippen LogP contribution in [0.4, 0.5) is 0 Å². The molecule has 0 radical (unpaired) electrons. The fourth-order valence-electron chi connectivity index (χ4n) is 1.91. The van der Waals surface area contributed by atoms with Gasteiger partial charge in [-0.15, -0.1) is 0 Å². The van der Waals surface area contributed by atoms with E-state index in [9.17, 15) is 9.90 Å². The number of esters is 1. The summed E-state index contributed by atoms with van der Waals surface area (Å²) in [5, 5.41) is 9.81. The third-order valence-electron chi connectivity index (χ3n) is 2.80. The van der Waals surface area contributed by atoms with Crippen molar-refractivity contribution in [2.24, 2.45) is 5.92 Å². The predicted molar refractivity (Wildman–Crippen MR) is 49.0 cm³/mol. The fraction of sp³-hybridized carbons (Fsp3) is 0.900. The average molecular weight is 186 g/mol. The van der Waals surface area contributed by atoms with Gasteiger partial charge in [-0.1, -0.05) is 13.3 Å². The summed E-state index contributed by atoms with van der Waals surface area (Å²) in [7, 11) is 0. The molecule has 0 aromatic carbocycles. The van der Waals surface area contributed by atoms with E-state index in [1.807, 2.05) is 0 Å². The molecular weight excluding hydrogens is 168 g/mol. The molecule has 0 unspecified atom stereocenters. The van der Waals surface area contributed by atoms with Crippen LogP contribution in [0.1, 0.15) is 46.0 Å². The van der Waals surface area contributed by atoms with Gasteiger partial charge in [0.25, 0.3) is 0 Å². The van der Waals surface area contributed by atoms with Gasteiger partial charge in [0, 0.05) is 19.8 Å². The highest BCUT2D eigenvalue weighted by Crippen LogP contribution is 2.34. The summed E-state index contributed by atoms with van der Waals surface area (Å²) in [4.78, 5) is 10.7. The molecule has 3 heteroatoms. The Kier molecular flexibility index (Phi) is 3.31. The van der Waals surface area contributed by atoms with E-state index in [1.165, 1.54) is 6.92 Å². The van der Waals surface area contributed by atoms with Gasteiger partial charge in [-0.25, -0.2) is 0 Å². The second-order valence-corrected chi connectivity index (χ2v) is 3.89. The number of carbonyl (C=O) groups is 1. The minimum absolute atomic E-state index is 0.391. The highest BCUT2D eigenvalue weighted by atomic mass is 16.7. The van der Waals surface area contributed by atoms with Crippen molar-refractivity contribution in [2.45, 2.75) is 51.7 Å². The van der Waals surface area contributed by atoms with Crippen molar-refractivity contribution in [1.82, 2.24) is 0 Å². The molecule has 1 aliphatic carbocycles. The van der Waals surface area contributed by atoms with E-state index in [0.717, 1.165) is 19.3 Å². The molecule has 0 aliphatic heterocycles. The van der Waals surface area contributed by atoms with E-state index in [2.05, 4.69) is 6.92 Å². The number of carbonyl (C=O) groups excluding carboxylic acids is 1. The van der Waals surface area contributed by atoms with E-state index in [-0.39, 0.29) is 0 Å². The average Bonchev–Trinajstić information content (AvgIpc) is 2.04. The lowest BCUT2D eigenvalue weighted by Gasteiger charge is -2.34. The van der Waals surface area contributed by atoms with Gasteiger partial charge in [-0.2, -0.15) is 0 Å². The summed E-state index contributed by atoms with van der Waals surface area (Å²) in [5.41, 5.74) is 0. The molecule has 1 N–H and O–H groups in total. The Balaban J connectivity index is 2.41. The number of rotatable bonds is 2. The second kappa shape index (κ2) is 4.09. The van der Waals surface area contributed by atoms with Crippen molar-refractivity contribution in [3.8, 4) is 0 Å². The van der Waals surface area contributed by atoms with Gasteiger partial charge < -0.3 is 9.84 Å². The number of ether oxygens (including phenoxy) is 1. The van der Waals surface area contributed by atoms with Gasteiger partial charge in [0.05, 0.1) is 0 Å². The Bertz CT molecular complexity index is 181. The van der Waals surface area contributed by atoms with Crippen molar-refractivity contribution < 1.29 is 14.6 Å². The van der Waals surface area contributed by atoms with Crippen molar-refractivity contribution >= 4 is 5.97 Å². The third kappa shape index (κ3) is 2.99. The summed E-state index contributed by atoms with van der Waals surface area (Å²) >= 11 is 0. The normalized spacial score (nSPS) is 34.2. The zero-order valence-corrected chi connectivity index (χ0v) is 8.38. The largest absolute Gasteiger partial charge is 0.433 e. The van der Waals surface area contributed by atoms with Crippen LogP contribution in [-0.2, 0) is 9.53 Å². The van der Waals surface area contributed by atoms with Crippen molar-refractivity contribution in [3.05, 3.63) is 0 Å². The van der Waals surface area contributed by atoms with E-state index < -0.39 is 11.8 Å². The molecule has 1 aliphatic rings. The van der Waals surface area contributed by atoms with Crippen LogP contribution in [0.15, 0.2) is 0 Å². The summed E-state index contributed by atoms with van der Waals surface area (Å²) in [5.74, 6) is -0.870. The Hall–Kier alpha value is -0.570. The molecule has 3 nitrogen and oxygen atoms in total. The second-order valence-electron chi connectivity index (χ2n) is 3.89. The lowest BCUT2D eigenvalue weighted by atomic mass is 9.84. The molecule has 0 aromatic rings. The monoisotopic (exact) mass is 186 g/mol. The minimum Gasteiger partial charge on any atom is -0.433 e. The lowest BCUT2D eigenvalue weighted by molar-refractivity contribution is -0.221. The maximum Gasteiger partial charge on any atom is 0.305 e. The molecule has 0 spiro atoms. The Morgan fingerprint density at radius 1 is 1.54 bits per heavy atom. The van der Waals surface area contributed by atoms with Crippen LogP contribution < -0.4 is 0 Å². The van der Waals surface area contributed by atoms with Gasteiger partial charge >= 0.3 is 5.97 Å². The van der Waals surface area contributed by atoms with E-state index in [1.54, 1.807) is 0 Å². The van der Waals surface area contributed by atoms with Gasteiger partial charge in [0.15, 0.2) is 0 Å². The van der Waals surface area contributed by atoms with Crippen LogP contribution in [-0.4, -0.2) is 16.9 Å². The summed E-state index contributed by atoms with van der Waals surface area (Å²) in [6.07, 6.45) is 4.24. The summed E-state index contributed by atoms with van der Waals surface area (Å²) in [6, 6.07) is 0. The molecule has 1 rings (SSSR count). The molecule has 0 saturated heterocycles. The number of aliphatic hydroxyl groups is 1. The maximum absolute atomic E-state index is 10.7. The van der Waals surface area contributed by atoms with Crippen LogP contribution in [0.5, 0.6) is 0 Å². The van der Waals surface area contributed by atoms with Crippen LogP contribution >= 0.6 is 0 Å². The van der Waals surface area contributed by atoms with Gasteiger partial charge in [-0.3, -0.25) is 4.79 Å². The molecule has 0 atom stereocenters. The quantitative estimate of drug-likeness (QED) is 0.528. The predicted octanol–water partition coefficient (Wildman–Crippen LogP) is 1.84. The highest BCUT2D eigenvalue weighted by molar-refractivity contribution is 5.66. The van der Waals surface area contributed by atoms with E-state index in [0.29, 0.717) is 18.8 Å². The molecule has 1 saturated carbocycles. The van der Waals surface area contributed by atoms with Crippen LogP contribution in [0.3, 0.4) is 0 Å². The smallest absolute Gasteiger partial charge is 0.305 e. The SMILES string of the molecule is CCC1CCC(O)(OC(C)=O)CC1. The third-order valence-corrected chi connectivity index (χ3v) is 2.80. The topological polar surface area (TPSA) is 46.5 Å². The van der Waals surface area contributed by atoms with Crippen LogP contribution in [0.2, 0.25) is 0 Å². The Morgan fingerprint density at radius 2 is 2.08 bits per heavy atom. The summed E-state index contributed by atoms with van der Waals surface area (Å²) in [6.45, 7) is 3.49. The number of hydrogen-bond acceptors (Lipinski definition) is 3. The van der Waals surface area contributed by atoms with Crippen molar-refractivity contribution in [3.63, 3.8) is 0 Å². The van der Waals surface area contributed by atoms with E-state index >= 15 is 0 Å². The number of hydrogen-bond donors (Lipinski definition) is 1. The first-order valence-corrected chi connectivity index (χ1v) is 4.97. The first-order valence-electron chi connectivity index (χ1n) is 4.97. The van der Waals surface area contributed by atoms with Crippen LogP contribution in [0.25, 0.3) is 0 Å². The summed E-state index contributed by atoms with van der Waals surface area (Å²) < 4.78 is 4.89. The van der Waals surface area contributed by atoms with Gasteiger partial charge in [0.2, 0.25) is 5.79 Å². The first kappa shape index (κ1) is 10.5. The van der Waals surface area contributed by atoms with E-state index in [4.69, 9.17) is 4.74 Å². The maximum atomic E-state index is 10.7. The molecule has 13 heavy (non-hydrogen) atoms. The molecule has 0 amide bonds. The van der Waals surface area contributed by atoms with Crippen LogP contribution in [0, 0.1) is 5.92 Å². The molecule has 76 valence electrons.